The van der Waals surface area contributed by atoms with E-state index in [1.807, 2.05) is 0 Å². The number of hydrogen-bond donors (Lipinski definition) is 1. The second-order valence-electron chi connectivity index (χ2n) is 5.77. The molecular formula is C20H12BrCl2NO5. The summed E-state index contributed by atoms with van der Waals surface area (Å²) in [4.78, 5) is 35.2. The lowest BCUT2D eigenvalue weighted by Gasteiger charge is -2.09. The van der Waals surface area contributed by atoms with Crippen LogP contribution in [0.4, 0.5) is 5.69 Å². The van der Waals surface area contributed by atoms with E-state index in [9.17, 15) is 14.4 Å². The number of furan rings is 1. The van der Waals surface area contributed by atoms with Gasteiger partial charge in [0, 0.05) is 15.7 Å². The van der Waals surface area contributed by atoms with E-state index in [1.54, 1.807) is 30.3 Å². The number of benzene rings is 2. The molecule has 0 saturated heterocycles. The van der Waals surface area contributed by atoms with Gasteiger partial charge in [0.25, 0.3) is 5.91 Å². The fourth-order valence-electron chi connectivity index (χ4n) is 2.39. The van der Waals surface area contributed by atoms with Gasteiger partial charge in [-0.1, -0.05) is 23.2 Å². The Kier molecular flexibility index (Phi) is 6.74. The standard InChI is InChI=1S/C20H12BrCl2NO5/c21-15-4-2-12(8-17(15)23)24-19(26)10-28-20(27)14-7-11(1-5-16(14)22)18-6-3-13(9-25)29-18/h1-9H,10H2,(H,24,26). The van der Waals surface area contributed by atoms with Crippen LogP contribution in [0.2, 0.25) is 10.0 Å². The molecule has 2 aromatic carbocycles. The lowest BCUT2D eigenvalue weighted by atomic mass is 10.1. The van der Waals surface area contributed by atoms with E-state index in [1.165, 1.54) is 18.2 Å². The van der Waals surface area contributed by atoms with E-state index in [0.29, 0.717) is 32.8 Å². The molecule has 9 heteroatoms. The third-order valence-electron chi connectivity index (χ3n) is 3.75. The van der Waals surface area contributed by atoms with Crippen molar-refractivity contribution in [3.8, 4) is 11.3 Å². The topological polar surface area (TPSA) is 85.6 Å². The van der Waals surface area contributed by atoms with Gasteiger partial charge in [-0.05, 0) is 64.5 Å². The SMILES string of the molecule is O=Cc1ccc(-c2ccc(Cl)c(C(=O)OCC(=O)Nc3ccc(Br)c(Cl)c3)c2)o1. The van der Waals surface area contributed by atoms with Crippen molar-refractivity contribution >= 4 is 63.0 Å². The minimum atomic E-state index is -0.775. The Morgan fingerprint density at radius 3 is 2.55 bits per heavy atom. The average molecular weight is 497 g/mol. The average Bonchev–Trinajstić information content (AvgIpc) is 3.18. The number of anilines is 1. The molecule has 0 saturated carbocycles. The van der Waals surface area contributed by atoms with E-state index < -0.39 is 18.5 Å². The maximum absolute atomic E-state index is 12.4. The van der Waals surface area contributed by atoms with Crippen LogP contribution < -0.4 is 5.32 Å². The molecular weight excluding hydrogens is 485 g/mol. The van der Waals surface area contributed by atoms with Crippen molar-refractivity contribution in [2.45, 2.75) is 0 Å². The molecule has 0 bridgehead atoms. The van der Waals surface area contributed by atoms with E-state index in [4.69, 9.17) is 32.4 Å². The molecule has 3 aromatic rings. The van der Waals surface area contributed by atoms with Crippen molar-refractivity contribution in [1.82, 2.24) is 0 Å². The van der Waals surface area contributed by atoms with E-state index in [2.05, 4.69) is 21.2 Å². The summed E-state index contributed by atoms with van der Waals surface area (Å²) in [6.45, 7) is -0.511. The predicted molar refractivity (Wildman–Crippen MR) is 113 cm³/mol. The van der Waals surface area contributed by atoms with Gasteiger partial charge in [0.15, 0.2) is 18.7 Å². The number of nitrogens with one attached hydrogen (secondary N) is 1. The lowest BCUT2D eigenvalue weighted by molar-refractivity contribution is -0.119. The van der Waals surface area contributed by atoms with Crippen LogP contribution in [-0.2, 0) is 9.53 Å². The number of esters is 1. The molecule has 0 radical (unpaired) electrons. The summed E-state index contributed by atoms with van der Waals surface area (Å²) in [5.41, 5.74) is 1.05. The van der Waals surface area contributed by atoms with Crippen LogP contribution in [0.25, 0.3) is 11.3 Å². The van der Waals surface area contributed by atoms with Crippen LogP contribution >= 0.6 is 39.1 Å². The number of hydrogen-bond acceptors (Lipinski definition) is 5. The molecule has 29 heavy (non-hydrogen) atoms. The normalized spacial score (nSPS) is 10.4. The fourth-order valence-corrected chi connectivity index (χ4v) is 3.01. The maximum Gasteiger partial charge on any atom is 0.340 e. The molecule has 0 aliphatic carbocycles. The quantitative estimate of drug-likeness (QED) is 0.353. The Hall–Kier alpha value is -2.61. The maximum atomic E-state index is 12.4. The molecule has 148 valence electrons. The molecule has 6 nitrogen and oxygen atoms in total. The summed E-state index contributed by atoms with van der Waals surface area (Å²) in [5.74, 6) is -0.764. The largest absolute Gasteiger partial charge is 0.453 e. The summed E-state index contributed by atoms with van der Waals surface area (Å²) < 4.78 is 11.1. The third-order valence-corrected chi connectivity index (χ3v) is 5.31. The van der Waals surface area contributed by atoms with Crippen LogP contribution in [-0.4, -0.2) is 24.8 Å². The molecule has 1 amide bonds. The molecule has 1 heterocycles. The summed E-state index contributed by atoms with van der Waals surface area (Å²) in [6, 6.07) is 12.6. The molecule has 1 N–H and O–H groups in total. The zero-order chi connectivity index (χ0) is 21.0. The molecule has 0 atom stereocenters. The van der Waals surface area contributed by atoms with Crippen molar-refractivity contribution < 1.29 is 23.5 Å². The van der Waals surface area contributed by atoms with Gasteiger partial charge in [-0.3, -0.25) is 9.59 Å². The van der Waals surface area contributed by atoms with Gasteiger partial charge >= 0.3 is 5.97 Å². The van der Waals surface area contributed by atoms with Gasteiger partial charge in [0.2, 0.25) is 0 Å². The van der Waals surface area contributed by atoms with Crippen molar-refractivity contribution in [1.29, 1.82) is 0 Å². The Morgan fingerprint density at radius 2 is 1.86 bits per heavy atom. The molecule has 3 rings (SSSR count). The van der Waals surface area contributed by atoms with Crippen LogP contribution in [0.3, 0.4) is 0 Å². The second kappa shape index (κ2) is 9.26. The summed E-state index contributed by atoms with van der Waals surface area (Å²) in [5, 5.41) is 3.16. The van der Waals surface area contributed by atoms with E-state index in [-0.39, 0.29) is 16.3 Å². The Bertz CT molecular complexity index is 1100. The van der Waals surface area contributed by atoms with Gasteiger partial charge in [-0.15, -0.1) is 0 Å². The first kappa shape index (κ1) is 21.1. The Labute approximate surface area is 183 Å². The zero-order valence-electron chi connectivity index (χ0n) is 14.6. The molecule has 0 spiro atoms. The van der Waals surface area contributed by atoms with Crippen molar-refractivity contribution in [3.63, 3.8) is 0 Å². The van der Waals surface area contributed by atoms with Crippen LogP contribution in [0.1, 0.15) is 20.9 Å². The van der Waals surface area contributed by atoms with E-state index >= 15 is 0 Å². The van der Waals surface area contributed by atoms with Gasteiger partial charge in [0.1, 0.15) is 5.76 Å². The van der Waals surface area contributed by atoms with Gasteiger partial charge in [0.05, 0.1) is 15.6 Å². The summed E-state index contributed by atoms with van der Waals surface area (Å²) >= 11 is 15.3. The zero-order valence-corrected chi connectivity index (χ0v) is 17.7. The first-order valence-electron chi connectivity index (χ1n) is 8.14. The highest BCUT2D eigenvalue weighted by atomic mass is 79.9. The Balaban J connectivity index is 1.66. The number of aldehydes is 1. The monoisotopic (exact) mass is 495 g/mol. The highest BCUT2D eigenvalue weighted by Crippen LogP contribution is 2.27. The number of amides is 1. The second-order valence-corrected chi connectivity index (χ2v) is 7.44. The highest BCUT2D eigenvalue weighted by Gasteiger charge is 2.16. The van der Waals surface area contributed by atoms with Crippen molar-refractivity contribution in [3.05, 3.63) is 74.4 Å². The van der Waals surface area contributed by atoms with Crippen LogP contribution in [0.5, 0.6) is 0 Å². The highest BCUT2D eigenvalue weighted by molar-refractivity contribution is 9.10. The predicted octanol–water partition coefficient (Wildman–Crippen LogP) is 5.62. The first-order valence-corrected chi connectivity index (χ1v) is 9.69. The van der Waals surface area contributed by atoms with Gasteiger partial charge < -0.3 is 14.5 Å². The minimum Gasteiger partial charge on any atom is -0.453 e. The summed E-state index contributed by atoms with van der Waals surface area (Å²) in [7, 11) is 0. The molecule has 1 aromatic heterocycles. The molecule has 0 aliphatic rings. The Morgan fingerprint density at radius 1 is 1.07 bits per heavy atom. The number of carbonyl (C=O) groups excluding carboxylic acids is 3. The van der Waals surface area contributed by atoms with Crippen molar-refractivity contribution in [2.24, 2.45) is 0 Å². The van der Waals surface area contributed by atoms with Crippen LogP contribution in [0.15, 0.2) is 57.4 Å². The molecule has 0 unspecified atom stereocenters. The number of ether oxygens (including phenoxy) is 1. The smallest absolute Gasteiger partial charge is 0.340 e. The van der Waals surface area contributed by atoms with Crippen LogP contribution in [0, 0.1) is 0 Å². The minimum absolute atomic E-state index is 0.0627. The summed E-state index contributed by atoms with van der Waals surface area (Å²) in [6.07, 6.45) is 0.575. The molecule has 0 aliphatic heterocycles. The lowest BCUT2D eigenvalue weighted by Crippen LogP contribution is -2.21. The van der Waals surface area contributed by atoms with E-state index in [0.717, 1.165) is 0 Å². The number of halogens is 3. The van der Waals surface area contributed by atoms with Gasteiger partial charge in [-0.2, -0.15) is 0 Å². The number of rotatable bonds is 6. The number of carbonyl (C=O) groups is 3. The first-order chi connectivity index (χ1) is 13.9. The molecule has 0 fully saturated rings. The van der Waals surface area contributed by atoms with Gasteiger partial charge in [-0.25, -0.2) is 4.79 Å². The van der Waals surface area contributed by atoms with Crippen molar-refractivity contribution in [2.75, 3.05) is 11.9 Å². The third kappa shape index (κ3) is 5.26. The fraction of sp³-hybridized carbons (Fsp3) is 0.0500.